The number of hydrogen-bond donors (Lipinski definition) is 2. The Morgan fingerprint density at radius 1 is 1.06 bits per heavy atom. The van der Waals surface area contributed by atoms with Crippen LogP contribution in [0.25, 0.3) is 0 Å². The summed E-state index contributed by atoms with van der Waals surface area (Å²) in [6.45, 7) is 2.95. The first-order valence-electron chi connectivity index (χ1n) is 5.31. The molecule has 0 amide bonds. The molecule has 0 bridgehead atoms. The van der Waals surface area contributed by atoms with Crippen LogP contribution in [0.15, 0.2) is 0 Å². The molecule has 17 heavy (non-hydrogen) atoms. The summed E-state index contributed by atoms with van der Waals surface area (Å²) in [4.78, 5) is 34.5. The zero-order valence-corrected chi connectivity index (χ0v) is 9.83. The molecule has 0 aromatic heterocycles. The molecule has 2 N–H and O–H groups in total. The van der Waals surface area contributed by atoms with E-state index in [4.69, 9.17) is 10.2 Å². The van der Waals surface area contributed by atoms with Crippen molar-refractivity contribution >= 4 is 18.2 Å². The molecule has 0 atom stereocenters. The van der Waals surface area contributed by atoms with Gasteiger partial charge in [-0.15, -0.1) is 0 Å². The largest absolute Gasteiger partial charge is 0.480 e. The maximum absolute atomic E-state index is 10.5. The minimum atomic E-state index is -1.07. The number of carboxylic acids is 2. The van der Waals surface area contributed by atoms with Crippen molar-refractivity contribution in [1.29, 1.82) is 0 Å². The minimum absolute atomic E-state index is 0.268. The lowest BCUT2D eigenvalue weighted by molar-refractivity contribution is -0.141. The first-order chi connectivity index (χ1) is 7.99. The summed E-state index contributed by atoms with van der Waals surface area (Å²) in [6, 6.07) is 0. The Bertz CT molecular complexity index is 253. The Labute approximate surface area is 99.6 Å². The molecule has 0 aliphatic heterocycles. The standard InChI is InChI=1S/C10H18N2O5/c1-2-11(5-6-13)3-4-12(7-9(14)15)8-10(16)17/h6H,2-5,7-8H2,1H3,(H,14,15)(H,16,17). The van der Waals surface area contributed by atoms with Crippen LogP contribution in [-0.2, 0) is 14.4 Å². The second kappa shape index (κ2) is 8.66. The van der Waals surface area contributed by atoms with Crippen LogP contribution < -0.4 is 0 Å². The summed E-state index contributed by atoms with van der Waals surface area (Å²) in [5.74, 6) is -2.13. The molecule has 0 aromatic carbocycles. The Morgan fingerprint density at radius 2 is 1.53 bits per heavy atom. The Kier molecular flexibility index (Phi) is 7.91. The number of carboxylic acid groups (broad SMARTS) is 2. The molecule has 0 unspecified atom stereocenters. The maximum atomic E-state index is 10.5. The third kappa shape index (κ3) is 8.35. The van der Waals surface area contributed by atoms with E-state index in [9.17, 15) is 14.4 Å². The van der Waals surface area contributed by atoms with E-state index >= 15 is 0 Å². The van der Waals surface area contributed by atoms with Gasteiger partial charge in [-0.25, -0.2) is 0 Å². The first kappa shape index (κ1) is 15.5. The Morgan fingerprint density at radius 3 is 1.88 bits per heavy atom. The fraction of sp³-hybridized carbons (Fsp3) is 0.700. The third-order valence-electron chi connectivity index (χ3n) is 2.23. The fourth-order valence-corrected chi connectivity index (χ4v) is 1.36. The van der Waals surface area contributed by atoms with Crippen molar-refractivity contribution in [2.45, 2.75) is 6.92 Å². The lowest BCUT2D eigenvalue weighted by Crippen LogP contribution is -2.40. The van der Waals surface area contributed by atoms with E-state index in [-0.39, 0.29) is 19.6 Å². The Balaban J connectivity index is 4.16. The van der Waals surface area contributed by atoms with Gasteiger partial charge in [0.05, 0.1) is 19.6 Å². The average molecular weight is 246 g/mol. The molecule has 0 fully saturated rings. The lowest BCUT2D eigenvalue weighted by atomic mass is 10.4. The van der Waals surface area contributed by atoms with Gasteiger partial charge in [0, 0.05) is 13.1 Å². The summed E-state index contributed by atoms with van der Waals surface area (Å²) in [5, 5.41) is 17.2. The summed E-state index contributed by atoms with van der Waals surface area (Å²) in [6.07, 6.45) is 0.766. The van der Waals surface area contributed by atoms with Crippen LogP contribution >= 0.6 is 0 Å². The van der Waals surface area contributed by atoms with E-state index in [1.807, 2.05) is 11.8 Å². The topological polar surface area (TPSA) is 98.2 Å². The number of rotatable bonds is 10. The second-order valence-corrected chi connectivity index (χ2v) is 3.56. The van der Waals surface area contributed by atoms with Crippen molar-refractivity contribution in [3.8, 4) is 0 Å². The molecule has 7 nitrogen and oxygen atoms in total. The molecule has 0 spiro atoms. The summed E-state index contributed by atoms with van der Waals surface area (Å²) in [5.41, 5.74) is 0. The number of hydrogen-bond acceptors (Lipinski definition) is 5. The quantitative estimate of drug-likeness (QED) is 0.476. The van der Waals surface area contributed by atoms with Crippen molar-refractivity contribution in [3.63, 3.8) is 0 Å². The molecule has 98 valence electrons. The molecular weight excluding hydrogens is 228 g/mol. The zero-order chi connectivity index (χ0) is 13.3. The SMILES string of the molecule is CCN(CC=O)CCN(CC(=O)O)CC(=O)O. The third-order valence-corrected chi connectivity index (χ3v) is 2.23. The molecule has 7 heteroatoms. The van der Waals surface area contributed by atoms with Crippen LogP contribution in [0.5, 0.6) is 0 Å². The highest BCUT2D eigenvalue weighted by atomic mass is 16.4. The number of carbonyl (C=O) groups excluding carboxylic acids is 1. The number of aldehydes is 1. The molecule has 0 radical (unpaired) electrons. The van der Waals surface area contributed by atoms with Crippen LogP contribution in [0.2, 0.25) is 0 Å². The van der Waals surface area contributed by atoms with Crippen molar-refractivity contribution in [2.24, 2.45) is 0 Å². The van der Waals surface area contributed by atoms with Gasteiger partial charge < -0.3 is 15.0 Å². The highest BCUT2D eigenvalue weighted by Gasteiger charge is 2.14. The van der Waals surface area contributed by atoms with Gasteiger partial charge in [-0.2, -0.15) is 0 Å². The zero-order valence-electron chi connectivity index (χ0n) is 9.83. The molecule has 0 saturated carbocycles. The van der Waals surface area contributed by atoms with Gasteiger partial charge in [0.2, 0.25) is 0 Å². The normalized spacial score (nSPS) is 10.8. The highest BCUT2D eigenvalue weighted by molar-refractivity contribution is 5.72. The van der Waals surface area contributed by atoms with Gasteiger partial charge >= 0.3 is 11.9 Å². The van der Waals surface area contributed by atoms with E-state index in [1.165, 1.54) is 4.90 Å². The number of aliphatic carboxylic acids is 2. The van der Waals surface area contributed by atoms with Crippen LogP contribution in [0.4, 0.5) is 0 Å². The highest BCUT2D eigenvalue weighted by Crippen LogP contribution is 1.92. The average Bonchev–Trinajstić information content (AvgIpc) is 2.22. The number of nitrogens with zero attached hydrogens (tertiary/aromatic N) is 2. The fourth-order valence-electron chi connectivity index (χ4n) is 1.36. The van der Waals surface area contributed by atoms with E-state index < -0.39 is 11.9 Å². The van der Waals surface area contributed by atoms with Gasteiger partial charge in [0.25, 0.3) is 0 Å². The lowest BCUT2D eigenvalue weighted by Gasteiger charge is -2.23. The van der Waals surface area contributed by atoms with E-state index in [0.717, 1.165) is 6.29 Å². The van der Waals surface area contributed by atoms with Crippen LogP contribution in [0.1, 0.15) is 6.92 Å². The molecule has 0 aromatic rings. The van der Waals surface area contributed by atoms with Crippen LogP contribution in [0, 0.1) is 0 Å². The van der Waals surface area contributed by atoms with Crippen molar-refractivity contribution in [3.05, 3.63) is 0 Å². The summed E-state index contributed by atoms with van der Waals surface area (Å²) < 4.78 is 0. The van der Waals surface area contributed by atoms with E-state index in [2.05, 4.69) is 0 Å². The molecule has 0 aliphatic rings. The number of carbonyl (C=O) groups is 3. The monoisotopic (exact) mass is 246 g/mol. The van der Waals surface area contributed by atoms with Crippen LogP contribution in [0.3, 0.4) is 0 Å². The van der Waals surface area contributed by atoms with E-state index in [0.29, 0.717) is 19.6 Å². The first-order valence-corrected chi connectivity index (χ1v) is 5.31. The minimum Gasteiger partial charge on any atom is -0.480 e. The van der Waals surface area contributed by atoms with Crippen molar-refractivity contribution in [1.82, 2.24) is 9.80 Å². The second-order valence-electron chi connectivity index (χ2n) is 3.56. The van der Waals surface area contributed by atoms with Gasteiger partial charge in [-0.3, -0.25) is 19.4 Å². The Hall–Kier alpha value is -1.47. The molecule has 0 heterocycles. The number of likely N-dealkylation sites (N-methyl/N-ethyl adjacent to an activating group) is 1. The summed E-state index contributed by atoms with van der Waals surface area (Å²) >= 11 is 0. The van der Waals surface area contributed by atoms with Gasteiger partial charge in [0.1, 0.15) is 6.29 Å². The maximum Gasteiger partial charge on any atom is 0.317 e. The smallest absolute Gasteiger partial charge is 0.317 e. The molecule has 0 rings (SSSR count). The van der Waals surface area contributed by atoms with Crippen LogP contribution in [-0.4, -0.2) is 77.5 Å². The molecular formula is C10H18N2O5. The van der Waals surface area contributed by atoms with Gasteiger partial charge in [-0.1, -0.05) is 6.92 Å². The van der Waals surface area contributed by atoms with Gasteiger partial charge in [-0.05, 0) is 6.54 Å². The van der Waals surface area contributed by atoms with E-state index in [1.54, 1.807) is 0 Å². The van der Waals surface area contributed by atoms with Crippen molar-refractivity contribution in [2.75, 3.05) is 39.3 Å². The molecule has 0 aliphatic carbocycles. The molecule has 0 saturated heterocycles. The van der Waals surface area contributed by atoms with Crippen molar-refractivity contribution < 1.29 is 24.6 Å². The van der Waals surface area contributed by atoms with Gasteiger partial charge in [0.15, 0.2) is 0 Å². The summed E-state index contributed by atoms with van der Waals surface area (Å²) in [7, 11) is 0. The predicted molar refractivity (Wildman–Crippen MR) is 59.9 cm³/mol. The predicted octanol–water partition coefficient (Wildman–Crippen LogP) is -1.02.